The van der Waals surface area contributed by atoms with E-state index in [9.17, 15) is 0 Å². The van der Waals surface area contributed by atoms with Crippen molar-refractivity contribution in [3.63, 3.8) is 0 Å². The normalized spacial score (nSPS) is 14.5. The summed E-state index contributed by atoms with van der Waals surface area (Å²) in [6, 6.07) is 8.25. The second kappa shape index (κ2) is 4.93. The van der Waals surface area contributed by atoms with Gasteiger partial charge in [0.15, 0.2) is 0 Å². The zero-order valence-corrected chi connectivity index (χ0v) is 12.6. The maximum atomic E-state index is 5.80. The molecular formula is C15H24OS. The first-order valence-electron chi connectivity index (χ1n) is 6.07. The topological polar surface area (TPSA) is 9.23 Å². The Morgan fingerprint density at radius 2 is 1.41 bits per heavy atom. The second-order valence-corrected chi connectivity index (χ2v) is 7.07. The van der Waals surface area contributed by atoms with E-state index in [1.807, 2.05) is 12.1 Å². The molecule has 0 aromatic heterocycles. The number of thiol groups is 1. The van der Waals surface area contributed by atoms with Gasteiger partial charge in [-0.2, -0.15) is 12.6 Å². The van der Waals surface area contributed by atoms with Gasteiger partial charge in [-0.3, -0.25) is 0 Å². The molecule has 0 radical (unpaired) electrons. The molecule has 0 spiro atoms. The molecule has 0 heterocycles. The predicted octanol–water partition coefficient (Wildman–Crippen LogP) is 4.88. The summed E-state index contributed by atoms with van der Waals surface area (Å²) in [4.78, 5) is 0. The monoisotopic (exact) mass is 252 g/mol. The largest absolute Gasteiger partial charge is 0.488 e. The summed E-state index contributed by atoms with van der Waals surface area (Å²) in [5.41, 5.74) is 1.25. The quantitative estimate of drug-likeness (QED) is 0.738. The molecule has 0 fully saturated rings. The SMILES string of the molecule is CC(C)(C)Oc1ccc(C(S)C(C)(C)C)cc1. The molecule has 1 atom stereocenters. The molecule has 0 saturated heterocycles. The first-order valence-corrected chi connectivity index (χ1v) is 6.58. The highest BCUT2D eigenvalue weighted by Crippen LogP contribution is 2.38. The van der Waals surface area contributed by atoms with Crippen molar-refractivity contribution in [1.29, 1.82) is 0 Å². The van der Waals surface area contributed by atoms with Crippen molar-refractivity contribution in [2.45, 2.75) is 52.4 Å². The molecule has 0 aliphatic rings. The lowest BCUT2D eigenvalue weighted by Crippen LogP contribution is -2.22. The summed E-state index contributed by atoms with van der Waals surface area (Å²) in [5, 5.41) is 0.242. The van der Waals surface area contributed by atoms with Crippen molar-refractivity contribution < 1.29 is 4.74 Å². The van der Waals surface area contributed by atoms with Crippen molar-refractivity contribution in [1.82, 2.24) is 0 Å². The lowest BCUT2D eigenvalue weighted by molar-refractivity contribution is 0.131. The van der Waals surface area contributed by atoms with Gasteiger partial charge in [0.1, 0.15) is 11.4 Å². The zero-order valence-electron chi connectivity index (χ0n) is 11.7. The van der Waals surface area contributed by atoms with Crippen LogP contribution in [0.15, 0.2) is 24.3 Å². The molecule has 0 N–H and O–H groups in total. The third kappa shape index (κ3) is 4.63. The molecule has 0 amide bonds. The molecule has 1 nitrogen and oxygen atoms in total. The molecule has 1 aromatic carbocycles. The van der Waals surface area contributed by atoms with Crippen molar-refractivity contribution in [3.05, 3.63) is 29.8 Å². The van der Waals surface area contributed by atoms with Crippen LogP contribution in [-0.4, -0.2) is 5.60 Å². The Morgan fingerprint density at radius 3 is 1.76 bits per heavy atom. The number of ether oxygens (including phenoxy) is 1. The van der Waals surface area contributed by atoms with E-state index in [2.05, 4.69) is 66.3 Å². The average Bonchev–Trinajstić information content (AvgIpc) is 2.14. The third-order valence-electron chi connectivity index (χ3n) is 2.44. The van der Waals surface area contributed by atoms with Gasteiger partial charge in [0.05, 0.1) is 0 Å². The van der Waals surface area contributed by atoms with Gasteiger partial charge in [0.25, 0.3) is 0 Å². The first kappa shape index (κ1) is 14.4. The van der Waals surface area contributed by atoms with E-state index in [0.717, 1.165) is 5.75 Å². The van der Waals surface area contributed by atoms with Crippen LogP contribution in [0.25, 0.3) is 0 Å². The molecule has 0 aliphatic carbocycles. The summed E-state index contributed by atoms with van der Waals surface area (Å²) in [6.45, 7) is 12.8. The van der Waals surface area contributed by atoms with Crippen LogP contribution in [0.3, 0.4) is 0 Å². The van der Waals surface area contributed by atoms with Gasteiger partial charge in [-0.15, -0.1) is 0 Å². The van der Waals surface area contributed by atoms with Gasteiger partial charge in [-0.1, -0.05) is 32.9 Å². The molecule has 96 valence electrons. The van der Waals surface area contributed by atoms with Gasteiger partial charge < -0.3 is 4.74 Å². The number of hydrogen-bond donors (Lipinski definition) is 1. The molecule has 1 rings (SSSR count). The van der Waals surface area contributed by atoms with Crippen molar-refractivity contribution >= 4 is 12.6 Å². The first-order chi connectivity index (χ1) is 7.59. The smallest absolute Gasteiger partial charge is 0.120 e. The van der Waals surface area contributed by atoms with Gasteiger partial charge in [0.2, 0.25) is 0 Å². The average molecular weight is 252 g/mol. The number of hydrogen-bond acceptors (Lipinski definition) is 2. The lowest BCUT2D eigenvalue weighted by Gasteiger charge is -2.27. The van der Waals surface area contributed by atoms with E-state index >= 15 is 0 Å². The maximum Gasteiger partial charge on any atom is 0.120 e. The van der Waals surface area contributed by atoms with E-state index in [1.54, 1.807) is 0 Å². The van der Waals surface area contributed by atoms with Crippen molar-refractivity contribution in [3.8, 4) is 5.75 Å². The molecule has 17 heavy (non-hydrogen) atoms. The van der Waals surface area contributed by atoms with E-state index in [1.165, 1.54) is 5.56 Å². The van der Waals surface area contributed by atoms with E-state index in [0.29, 0.717) is 0 Å². The minimum Gasteiger partial charge on any atom is -0.488 e. The van der Waals surface area contributed by atoms with Gasteiger partial charge in [0, 0.05) is 5.25 Å². The van der Waals surface area contributed by atoms with Gasteiger partial charge in [-0.25, -0.2) is 0 Å². The highest BCUT2D eigenvalue weighted by atomic mass is 32.1. The summed E-state index contributed by atoms with van der Waals surface area (Å²) >= 11 is 4.68. The Balaban J connectivity index is 2.82. The molecular weight excluding hydrogens is 228 g/mol. The Bertz CT molecular complexity index is 354. The van der Waals surface area contributed by atoms with E-state index < -0.39 is 0 Å². The Hall–Kier alpha value is -0.630. The van der Waals surface area contributed by atoms with Crippen molar-refractivity contribution in [2.24, 2.45) is 5.41 Å². The Morgan fingerprint density at radius 1 is 0.941 bits per heavy atom. The summed E-state index contributed by atoms with van der Waals surface area (Å²) in [6.07, 6.45) is 0. The maximum absolute atomic E-state index is 5.80. The van der Waals surface area contributed by atoms with Crippen LogP contribution < -0.4 is 4.74 Å². The van der Waals surface area contributed by atoms with Gasteiger partial charge in [-0.05, 0) is 43.9 Å². The van der Waals surface area contributed by atoms with Crippen molar-refractivity contribution in [2.75, 3.05) is 0 Å². The van der Waals surface area contributed by atoms with E-state index in [-0.39, 0.29) is 16.3 Å². The highest BCUT2D eigenvalue weighted by molar-refractivity contribution is 7.80. The van der Waals surface area contributed by atoms with E-state index in [4.69, 9.17) is 4.74 Å². The number of rotatable bonds is 2. The predicted molar refractivity (Wildman–Crippen MR) is 78.0 cm³/mol. The van der Waals surface area contributed by atoms with Crippen LogP contribution in [0.5, 0.6) is 5.75 Å². The summed E-state index contributed by atoms with van der Waals surface area (Å²) in [7, 11) is 0. The number of benzene rings is 1. The fraction of sp³-hybridized carbons (Fsp3) is 0.600. The van der Waals surface area contributed by atoms with Crippen LogP contribution in [0, 0.1) is 5.41 Å². The summed E-state index contributed by atoms with van der Waals surface area (Å²) < 4.78 is 5.80. The molecule has 1 unspecified atom stereocenters. The lowest BCUT2D eigenvalue weighted by atomic mass is 9.87. The molecule has 1 aromatic rings. The molecule has 0 saturated carbocycles. The van der Waals surface area contributed by atoms with Crippen LogP contribution in [0.2, 0.25) is 0 Å². The third-order valence-corrected chi connectivity index (χ3v) is 3.51. The highest BCUT2D eigenvalue weighted by Gasteiger charge is 2.22. The minimum atomic E-state index is -0.147. The molecule has 2 heteroatoms. The second-order valence-electron chi connectivity index (χ2n) is 6.55. The molecule has 0 bridgehead atoms. The Labute approximate surface area is 111 Å². The van der Waals surface area contributed by atoms with Crippen LogP contribution >= 0.6 is 12.6 Å². The zero-order chi connectivity index (χ0) is 13.3. The molecule has 0 aliphatic heterocycles. The van der Waals surface area contributed by atoms with Crippen LogP contribution in [0.1, 0.15) is 52.4 Å². The van der Waals surface area contributed by atoms with Crippen LogP contribution in [-0.2, 0) is 0 Å². The Kier molecular flexibility index (Phi) is 4.19. The standard InChI is InChI=1S/C15H24OS/c1-14(2,3)13(17)11-7-9-12(10-8-11)16-15(4,5)6/h7-10,13,17H,1-6H3. The van der Waals surface area contributed by atoms with Crippen LogP contribution in [0.4, 0.5) is 0 Å². The summed E-state index contributed by atoms with van der Waals surface area (Å²) in [5.74, 6) is 0.913. The fourth-order valence-electron chi connectivity index (χ4n) is 1.57. The minimum absolute atomic E-state index is 0.147. The fourth-order valence-corrected chi connectivity index (χ4v) is 1.74. The van der Waals surface area contributed by atoms with Gasteiger partial charge >= 0.3 is 0 Å².